The van der Waals surface area contributed by atoms with Crippen LogP contribution in [0.25, 0.3) is 0 Å². The first kappa shape index (κ1) is 12.8. The first-order chi connectivity index (χ1) is 7.45. The molecule has 0 atom stereocenters. The minimum atomic E-state index is -4.31. The number of hydrogen-bond acceptors (Lipinski definition) is 1. The lowest BCUT2D eigenvalue weighted by atomic mass is 9.99. The number of alkyl halides is 3. The van der Waals surface area contributed by atoms with Crippen LogP contribution in [0.15, 0.2) is 36.4 Å². The standard InChI is InChI=1S/C12H14F3N/c1-9(6-7-16)8-10-4-2-3-5-11(10)12(13,14)15/h2-5H,1,6-8,16H2. The number of halogens is 3. The van der Waals surface area contributed by atoms with Gasteiger partial charge in [-0.05, 0) is 31.0 Å². The smallest absolute Gasteiger partial charge is 0.330 e. The van der Waals surface area contributed by atoms with Crippen molar-refractivity contribution in [2.75, 3.05) is 6.54 Å². The Kier molecular flexibility index (Phi) is 4.12. The van der Waals surface area contributed by atoms with Gasteiger partial charge in [-0.25, -0.2) is 0 Å². The highest BCUT2D eigenvalue weighted by molar-refractivity contribution is 5.32. The minimum absolute atomic E-state index is 0.229. The number of benzene rings is 1. The van der Waals surface area contributed by atoms with Crippen LogP contribution in [-0.4, -0.2) is 6.54 Å². The quantitative estimate of drug-likeness (QED) is 0.788. The molecule has 0 radical (unpaired) electrons. The summed E-state index contributed by atoms with van der Waals surface area (Å²) in [5.41, 5.74) is 5.71. The molecule has 16 heavy (non-hydrogen) atoms. The van der Waals surface area contributed by atoms with Gasteiger partial charge in [0.25, 0.3) is 0 Å². The summed E-state index contributed by atoms with van der Waals surface area (Å²) >= 11 is 0. The van der Waals surface area contributed by atoms with E-state index in [1.807, 2.05) is 0 Å². The van der Waals surface area contributed by atoms with Crippen LogP contribution in [0, 0.1) is 0 Å². The van der Waals surface area contributed by atoms with Gasteiger partial charge in [-0.15, -0.1) is 0 Å². The molecule has 0 unspecified atom stereocenters. The van der Waals surface area contributed by atoms with Crippen LogP contribution in [0.2, 0.25) is 0 Å². The van der Waals surface area contributed by atoms with Crippen molar-refractivity contribution in [3.8, 4) is 0 Å². The molecule has 0 aliphatic heterocycles. The average Bonchev–Trinajstić information content (AvgIpc) is 2.17. The van der Waals surface area contributed by atoms with E-state index in [9.17, 15) is 13.2 Å². The van der Waals surface area contributed by atoms with Gasteiger partial charge >= 0.3 is 6.18 Å². The van der Waals surface area contributed by atoms with Gasteiger partial charge in [-0.2, -0.15) is 13.2 Å². The zero-order valence-electron chi connectivity index (χ0n) is 8.85. The predicted molar refractivity (Wildman–Crippen MR) is 58.0 cm³/mol. The molecule has 1 nitrogen and oxygen atoms in total. The molecule has 0 saturated carbocycles. The maximum Gasteiger partial charge on any atom is 0.416 e. The first-order valence-electron chi connectivity index (χ1n) is 4.97. The second kappa shape index (κ2) is 5.16. The fraction of sp³-hybridized carbons (Fsp3) is 0.333. The number of hydrogen-bond donors (Lipinski definition) is 1. The van der Waals surface area contributed by atoms with Gasteiger partial charge in [0.15, 0.2) is 0 Å². The van der Waals surface area contributed by atoms with Gasteiger partial charge in [-0.1, -0.05) is 30.4 Å². The van der Waals surface area contributed by atoms with E-state index < -0.39 is 11.7 Å². The van der Waals surface area contributed by atoms with E-state index in [2.05, 4.69) is 6.58 Å². The topological polar surface area (TPSA) is 26.0 Å². The first-order valence-corrected chi connectivity index (χ1v) is 4.97. The van der Waals surface area contributed by atoms with Crippen LogP contribution >= 0.6 is 0 Å². The summed E-state index contributed by atoms with van der Waals surface area (Å²) in [6, 6.07) is 5.55. The van der Waals surface area contributed by atoms with Crippen molar-refractivity contribution in [1.29, 1.82) is 0 Å². The van der Waals surface area contributed by atoms with Gasteiger partial charge in [0.2, 0.25) is 0 Å². The molecule has 0 saturated heterocycles. The molecular formula is C12H14F3N. The van der Waals surface area contributed by atoms with E-state index in [0.29, 0.717) is 13.0 Å². The Labute approximate surface area is 92.8 Å². The molecule has 0 fully saturated rings. The zero-order chi connectivity index (χ0) is 12.2. The van der Waals surface area contributed by atoms with Gasteiger partial charge in [0, 0.05) is 0 Å². The molecule has 4 heteroatoms. The Hall–Kier alpha value is -1.29. The molecule has 0 aliphatic carbocycles. The third-order valence-corrected chi connectivity index (χ3v) is 2.26. The summed E-state index contributed by atoms with van der Waals surface area (Å²) in [4.78, 5) is 0. The van der Waals surface area contributed by atoms with Gasteiger partial charge < -0.3 is 5.73 Å². The summed E-state index contributed by atoms with van der Waals surface area (Å²) < 4.78 is 37.9. The van der Waals surface area contributed by atoms with Crippen LogP contribution < -0.4 is 5.73 Å². The molecule has 1 aromatic rings. The molecular weight excluding hydrogens is 215 g/mol. The summed E-state index contributed by atoms with van der Waals surface area (Å²) in [5.74, 6) is 0. The van der Waals surface area contributed by atoms with Gasteiger partial charge in [0.1, 0.15) is 0 Å². The van der Waals surface area contributed by atoms with E-state index in [-0.39, 0.29) is 12.0 Å². The Morgan fingerprint density at radius 1 is 1.25 bits per heavy atom. The maximum absolute atomic E-state index is 12.6. The highest BCUT2D eigenvalue weighted by atomic mass is 19.4. The van der Waals surface area contributed by atoms with E-state index in [1.165, 1.54) is 12.1 Å². The van der Waals surface area contributed by atoms with Gasteiger partial charge in [-0.3, -0.25) is 0 Å². The summed E-state index contributed by atoms with van der Waals surface area (Å²) in [6.45, 7) is 4.13. The monoisotopic (exact) mass is 229 g/mol. The number of rotatable bonds is 4. The lowest BCUT2D eigenvalue weighted by Gasteiger charge is -2.13. The molecule has 0 bridgehead atoms. The van der Waals surface area contributed by atoms with Crippen LogP contribution in [-0.2, 0) is 12.6 Å². The number of nitrogens with two attached hydrogens (primary N) is 1. The van der Waals surface area contributed by atoms with E-state index in [1.54, 1.807) is 6.07 Å². The SMILES string of the molecule is C=C(CCN)Cc1ccccc1C(F)(F)F. The molecule has 0 amide bonds. The zero-order valence-corrected chi connectivity index (χ0v) is 8.85. The van der Waals surface area contributed by atoms with Gasteiger partial charge in [0.05, 0.1) is 5.56 Å². The third-order valence-electron chi connectivity index (χ3n) is 2.26. The summed E-state index contributed by atoms with van der Waals surface area (Å²) in [6.07, 6.45) is -3.53. The normalized spacial score (nSPS) is 11.5. The fourth-order valence-corrected chi connectivity index (χ4v) is 1.51. The second-order valence-corrected chi connectivity index (χ2v) is 3.62. The molecule has 0 aliphatic rings. The Bertz CT molecular complexity index is 369. The Morgan fingerprint density at radius 2 is 1.88 bits per heavy atom. The second-order valence-electron chi connectivity index (χ2n) is 3.62. The van der Waals surface area contributed by atoms with Crippen molar-refractivity contribution in [2.24, 2.45) is 5.73 Å². The molecule has 1 rings (SSSR count). The van der Waals surface area contributed by atoms with Crippen LogP contribution in [0.4, 0.5) is 13.2 Å². The van der Waals surface area contributed by atoms with Crippen molar-refractivity contribution in [3.63, 3.8) is 0 Å². The van der Waals surface area contributed by atoms with Crippen molar-refractivity contribution >= 4 is 0 Å². The van der Waals surface area contributed by atoms with E-state index >= 15 is 0 Å². The van der Waals surface area contributed by atoms with Crippen LogP contribution in [0.5, 0.6) is 0 Å². The van der Waals surface area contributed by atoms with Crippen molar-refractivity contribution in [3.05, 3.63) is 47.5 Å². The molecule has 0 spiro atoms. The highest BCUT2D eigenvalue weighted by Crippen LogP contribution is 2.32. The molecule has 0 aromatic heterocycles. The van der Waals surface area contributed by atoms with E-state index in [0.717, 1.165) is 11.6 Å². The third kappa shape index (κ3) is 3.38. The maximum atomic E-state index is 12.6. The van der Waals surface area contributed by atoms with Crippen LogP contribution in [0.1, 0.15) is 17.5 Å². The largest absolute Gasteiger partial charge is 0.416 e. The van der Waals surface area contributed by atoms with Crippen molar-refractivity contribution in [2.45, 2.75) is 19.0 Å². The summed E-state index contributed by atoms with van der Waals surface area (Å²) in [5, 5.41) is 0. The Balaban J connectivity index is 2.92. The molecule has 88 valence electrons. The molecule has 1 aromatic carbocycles. The Morgan fingerprint density at radius 3 is 2.44 bits per heavy atom. The summed E-state index contributed by atoms with van der Waals surface area (Å²) in [7, 11) is 0. The predicted octanol–water partition coefficient (Wildman–Crippen LogP) is 3.15. The highest BCUT2D eigenvalue weighted by Gasteiger charge is 2.32. The van der Waals surface area contributed by atoms with Crippen molar-refractivity contribution in [1.82, 2.24) is 0 Å². The average molecular weight is 229 g/mol. The van der Waals surface area contributed by atoms with Crippen LogP contribution in [0.3, 0.4) is 0 Å². The molecule has 0 heterocycles. The minimum Gasteiger partial charge on any atom is -0.330 e. The lowest BCUT2D eigenvalue weighted by molar-refractivity contribution is -0.138. The van der Waals surface area contributed by atoms with Crippen molar-refractivity contribution < 1.29 is 13.2 Å². The van der Waals surface area contributed by atoms with E-state index in [4.69, 9.17) is 5.73 Å². The fourth-order valence-electron chi connectivity index (χ4n) is 1.51. The molecule has 2 N–H and O–H groups in total. The lowest BCUT2D eigenvalue weighted by Crippen LogP contribution is -2.10.